The summed E-state index contributed by atoms with van der Waals surface area (Å²) in [5.41, 5.74) is 2.62. The summed E-state index contributed by atoms with van der Waals surface area (Å²) in [5.74, 6) is 0.756. The molecule has 172 valence electrons. The number of fused-ring (bicyclic) bond motifs is 3. The van der Waals surface area contributed by atoms with E-state index in [9.17, 15) is 9.90 Å². The molecule has 1 fully saturated rings. The summed E-state index contributed by atoms with van der Waals surface area (Å²) in [6.45, 7) is 0.284. The Morgan fingerprint density at radius 2 is 2.27 bits per heavy atom. The molecule has 0 aliphatic carbocycles. The van der Waals surface area contributed by atoms with Gasteiger partial charge in [0.2, 0.25) is 5.88 Å². The number of aliphatic hydroxyl groups is 2. The Morgan fingerprint density at radius 1 is 1.42 bits per heavy atom. The second kappa shape index (κ2) is 8.50. The van der Waals surface area contributed by atoms with Gasteiger partial charge in [-0.15, -0.1) is 0 Å². The van der Waals surface area contributed by atoms with Crippen molar-refractivity contribution in [2.75, 3.05) is 34.9 Å². The third-order valence-corrected chi connectivity index (χ3v) is 5.87. The maximum Gasteiger partial charge on any atom is 0.329 e. The fourth-order valence-electron chi connectivity index (χ4n) is 3.88. The number of aryl methyl sites for hydroxylation is 1. The van der Waals surface area contributed by atoms with Crippen LogP contribution >= 0.6 is 11.6 Å². The van der Waals surface area contributed by atoms with Gasteiger partial charge in [-0.2, -0.15) is 5.10 Å². The lowest BCUT2D eigenvalue weighted by Gasteiger charge is -2.39. The lowest BCUT2D eigenvalue weighted by Crippen LogP contribution is -2.56. The fraction of sp³-hybridized carbons (Fsp3) is 0.333. The molecule has 5 heterocycles. The Hall–Kier alpha value is -3.41. The Bertz CT molecular complexity index is 1200. The summed E-state index contributed by atoms with van der Waals surface area (Å²) in [5, 5.41) is 25.9. The maximum absolute atomic E-state index is 13.3. The number of pyridine rings is 2. The highest BCUT2D eigenvalue weighted by molar-refractivity contribution is 6.33. The molecule has 2 atom stereocenters. The molecule has 5 rings (SSSR count). The summed E-state index contributed by atoms with van der Waals surface area (Å²) in [6, 6.07) is 4.69. The van der Waals surface area contributed by atoms with E-state index in [1.807, 2.05) is 19.3 Å². The highest BCUT2D eigenvalue weighted by atomic mass is 35.5. The van der Waals surface area contributed by atoms with Crippen LogP contribution in [0.3, 0.4) is 0 Å². The average molecular weight is 472 g/mol. The number of carbonyl (C=O) groups excluding carboxylic acids is 1. The summed E-state index contributed by atoms with van der Waals surface area (Å²) in [4.78, 5) is 25.8. The zero-order chi connectivity index (χ0) is 23.1. The van der Waals surface area contributed by atoms with Crippen LogP contribution in [0.4, 0.5) is 22.0 Å². The van der Waals surface area contributed by atoms with E-state index >= 15 is 0 Å². The predicted molar refractivity (Wildman–Crippen MR) is 122 cm³/mol. The number of urea groups is 1. The smallest absolute Gasteiger partial charge is 0.329 e. The topological polar surface area (TPSA) is 129 Å². The van der Waals surface area contributed by atoms with Crippen LogP contribution in [0.25, 0.3) is 11.3 Å². The SMILES string of the molecule is Cn1cc(-c2nc3c(cc2Cl)N2CCC2N3C(=O)Nc2ccnc(OC[C@H](O)CO)c2)cn1. The molecule has 0 saturated carbocycles. The Morgan fingerprint density at radius 3 is 2.97 bits per heavy atom. The van der Waals surface area contributed by atoms with E-state index in [1.165, 1.54) is 6.20 Å². The first kappa shape index (κ1) is 21.4. The zero-order valence-electron chi connectivity index (χ0n) is 17.7. The second-order valence-electron chi connectivity index (χ2n) is 7.86. The van der Waals surface area contributed by atoms with E-state index in [-0.39, 0.29) is 24.7 Å². The normalized spacial score (nSPS) is 17.3. The first-order valence-corrected chi connectivity index (χ1v) is 10.8. The minimum Gasteiger partial charge on any atom is -0.475 e. The van der Waals surface area contributed by atoms with E-state index in [4.69, 9.17) is 26.4 Å². The van der Waals surface area contributed by atoms with E-state index in [1.54, 1.807) is 27.9 Å². The van der Waals surface area contributed by atoms with Crippen LogP contribution in [-0.2, 0) is 7.05 Å². The van der Waals surface area contributed by atoms with Crippen LogP contribution in [0.1, 0.15) is 6.42 Å². The third kappa shape index (κ3) is 3.94. The van der Waals surface area contributed by atoms with Crippen molar-refractivity contribution in [2.45, 2.75) is 18.7 Å². The standard InChI is InChI=1S/C21H22ClN7O4/c1-27-9-12(8-24-27)19-15(22)7-16-20(26-19)29(18-3-5-28(16)18)21(32)25-13-2-4-23-17(6-13)33-11-14(31)10-30/h2,4,6-9,14,18,30-31H,3,5,10-11H2,1H3,(H,23,25,32)/t14-,18?/m1/s1. The average Bonchev–Trinajstić information content (AvgIpc) is 3.29. The number of rotatable bonds is 6. The van der Waals surface area contributed by atoms with E-state index in [2.05, 4.69) is 20.3 Å². The van der Waals surface area contributed by atoms with Gasteiger partial charge in [0.1, 0.15) is 18.9 Å². The van der Waals surface area contributed by atoms with Gasteiger partial charge in [-0.25, -0.2) is 14.8 Å². The first-order chi connectivity index (χ1) is 15.9. The summed E-state index contributed by atoms with van der Waals surface area (Å²) < 4.78 is 7.03. The molecule has 1 saturated heterocycles. The summed E-state index contributed by atoms with van der Waals surface area (Å²) in [7, 11) is 1.81. The Labute approximate surface area is 194 Å². The molecule has 2 amide bonds. The van der Waals surface area contributed by atoms with Gasteiger partial charge in [0, 0.05) is 49.7 Å². The van der Waals surface area contributed by atoms with Gasteiger partial charge < -0.3 is 25.2 Å². The number of ether oxygens (including phenoxy) is 1. The molecule has 0 aromatic carbocycles. The van der Waals surface area contributed by atoms with Gasteiger partial charge in [0.05, 0.1) is 29.2 Å². The Kier molecular flexibility index (Phi) is 5.52. The van der Waals surface area contributed by atoms with Gasteiger partial charge in [0.15, 0.2) is 5.82 Å². The number of hydrogen-bond donors (Lipinski definition) is 3. The van der Waals surface area contributed by atoms with Crippen LogP contribution < -0.4 is 19.9 Å². The van der Waals surface area contributed by atoms with Crippen LogP contribution in [-0.4, -0.2) is 68.0 Å². The van der Waals surface area contributed by atoms with Crippen molar-refractivity contribution >= 4 is 34.8 Å². The van der Waals surface area contributed by atoms with Crippen LogP contribution in [0.15, 0.2) is 36.8 Å². The second-order valence-corrected chi connectivity index (χ2v) is 8.26. The fourth-order valence-corrected chi connectivity index (χ4v) is 4.14. The molecule has 11 nitrogen and oxygen atoms in total. The third-order valence-electron chi connectivity index (χ3n) is 5.58. The molecule has 0 radical (unpaired) electrons. The highest BCUT2D eigenvalue weighted by Crippen LogP contribution is 2.47. The lowest BCUT2D eigenvalue weighted by atomic mass is 10.1. The van der Waals surface area contributed by atoms with Crippen molar-refractivity contribution in [3.8, 4) is 17.1 Å². The molecule has 33 heavy (non-hydrogen) atoms. The van der Waals surface area contributed by atoms with Gasteiger partial charge in [0.25, 0.3) is 0 Å². The number of hydrogen-bond acceptors (Lipinski definition) is 8. The molecular weight excluding hydrogens is 450 g/mol. The van der Waals surface area contributed by atoms with Crippen molar-refractivity contribution in [1.82, 2.24) is 19.7 Å². The molecule has 3 aromatic heterocycles. The van der Waals surface area contributed by atoms with Gasteiger partial charge in [-0.3, -0.25) is 9.58 Å². The quantitative estimate of drug-likeness (QED) is 0.496. The molecule has 3 aromatic rings. The number of aromatic nitrogens is 4. The molecule has 2 aliphatic heterocycles. The van der Waals surface area contributed by atoms with Gasteiger partial charge in [-0.05, 0) is 12.1 Å². The maximum atomic E-state index is 13.3. The molecule has 12 heteroatoms. The van der Waals surface area contributed by atoms with Crippen LogP contribution in [0.5, 0.6) is 5.88 Å². The van der Waals surface area contributed by atoms with E-state index in [0.717, 1.165) is 24.2 Å². The van der Waals surface area contributed by atoms with Gasteiger partial charge >= 0.3 is 6.03 Å². The Balaban J connectivity index is 1.40. The summed E-state index contributed by atoms with van der Waals surface area (Å²) in [6.07, 6.45) is 4.66. The largest absolute Gasteiger partial charge is 0.475 e. The molecule has 3 N–H and O–H groups in total. The first-order valence-electron chi connectivity index (χ1n) is 10.4. The predicted octanol–water partition coefficient (Wildman–Crippen LogP) is 1.85. The van der Waals surface area contributed by atoms with E-state index < -0.39 is 12.7 Å². The molecular formula is C21H22ClN7O4. The minimum absolute atomic E-state index is 0.112. The number of amides is 2. The van der Waals surface area contributed by atoms with Crippen molar-refractivity contribution in [2.24, 2.45) is 7.05 Å². The number of nitrogens with zero attached hydrogens (tertiary/aromatic N) is 6. The number of aliphatic hydroxyl groups excluding tert-OH is 2. The molecule has 2 aliphatic rings. The van der Waals surface area contributed by atoms with Crippen molar-refractivity contribution in [3.05, 3.63) is 41.8 Å². The number of halogens is 1. The highest BCUT2D eigenvalue weighted by Gasteiger charge is 2.46. The van der Waals surface area contributed by atoms with E-state index in [0.29, 0.717) is 22.2 Å². The number of anilines is 3. The van der Waals surface area contributed by atoms with Crippen molar-refractivity contribution in [3.63, 3.8) is 0 Å². The molecule has 0 bridgehead atoms. The molecule has 0 spiro atoms. The van der Waals surface area contributed by atoms with Crippen LogP contribution in [0, 0.1) is 0 Å². The lowest BCUT2D eigenvalue weighted by molar-refractivity contribution is 0.0521. The minimum atomic E-state index is -1.01. The number of nitrogens with one attached hydrogen (secondary N) is 1. The summed E-state index contributed by atoms with van der Waals surface area (Å²) >= 11 is 6.53. The molecule has 1 unspecified atom stereocenters. The van der Waals surface area contributed by atoms with Crippen LogP contribution in [0.2, 0.25) is 5.02 Å². The van der Waals surface area contributed by atoms with Crippen molar-refractivity contribution < 1.29 is 19.7 Å². The van der Waals surface area contributed by atoms with Crippen molar-refractivity contribution in [1.29, 1.82) is 0 Å². The number of carbonyl (C=O) groups is 1. The van der Waals surface area contributed by atoms with Gasteiger partial charge in [-0.1, -0.05) is 11.6 Å². The monoisotopic (exact) mass is 471 g/mol. The zero-order valence-corrected chi connectivity index (χ0v) is 18.5.